The summed E-state index contributed by atoms with van der Waals surface area (Å²) in [6.07, 6.45) is 3.65. The van der Waals surface area contributed by atoms with Gasteiger partial charge < -0.3 is 9.47 Å². The van der Waals surface area contributed by atoms with Crippen LogP contribution in [-0.2, 0) is 9.47 Å². The fourth-order valence-electron chi connectivity index (χ4n) is 2.62. The van der Waals surface area contributed by atoms with Crippen LogP contribution in [0.4, 0.5) is 0 Å². The highest BCUT2D eigenvalue weighted by atomic mass is 35.5. The van der Waals surface area contributed by atoms with Gasteiger partial charge in [0.05, 0.1) is 19.3 Å². The largest absolute Gasteiger partial charge is 0.445 e. The number of nitrogens with zero attached hydrogens (tertiary/aromatic N) is 3. The lowest BCUT2D eigenvalue weighted by Gasteiger charge is -2.38. The van der Waals surface area contributed by atoms with Crippen molar-refractivity contribution in [3.8, 4) is 0 Å². The maximum Gasteiger partial charge on any atom is 0.360 e. The number of carbonyl (C=O) groups excluding carboxylic acids is 1. The van der Waals surface area contributed by atoms with E-state index in [4.69, 9.17) is 21.1 Å². The average Bonchev–Trinajstić information content (AvgIpc) is 2.94. The Bertz CT molecular complexity index is 754. The number of ether oxygens (including phenoxy) is 2. The van der Waals surface area contributed by atoms with Crippen LogP contribution in [0.15, 0.2) is 42.5 Å². The van der Waals surface area contributed by atoms with Crippen LogP contribution in [-0.4, -0.2) is 39.8 Å². The highest BCUT2D eigenvalue weighted by Crippen LogP contribution is 2.28. The molecule has 0 aliphatic carbocycles. The molecule has 2 heterocycles. The Labute approximate surface area is 145 Å². The molecule has 1 aliphatic rings. The Morgan fingerprint density at radius 1 is 1.42 bits per heavy atom. The molecule has 24 heavy (non-hydrogen) atoms. The predicted octanol–water partition coefficient (Wildman–Crippen LogP) is 3.04. The maximum atomic E-state index is 12.7. The molecule has 7 heteroatoms. The number of aromatic nitrogens is 3. The predicted molar refractivity (Wildman–Crippen MR) is 89.1 cm³/mol. The van der Waals surface area contributed by atoms with Gasteiger partial charge in [0.2, 0.25) is 0 Å². The molecule has 0 spiro atoms. The summed E-state index contributed by atoms with van der Waals surface area (Å²) in [5.41, 5.74) is 0.396. The lowest BCUT2D eigenvalue weighted by atomic mass is 10.0. The second-order valence-corrected chi connectivity index (χ2v) is 6.07. The number of hydrogen-bond acceptors (Lipinski definition) is 5. The fraction of sp³-hybridized carbons (Fsp3) is 0.353. The normalized spacial score (nSPS) is 17.5. The summed E-state index contributed by atoms with van der Waals surface area (Å²) >= 11 is 6.09. The van der Waals surface area contributed by atoms with E-state index in [0.717, 1.165) is 5.56 Å². The molecule has 0 amide bonds. The maximum absolute atomic E-state index is 12.7. The molecule has 0 unspecified atom stereocenters. The number of carbonyl (C=O) groups is 1. The summed E-state index contributed by atoms with van der Waals surface area (Å²) in [5, 5.41) is 7.88. The molecule has 1 aromatic carbocycles. The van der Waals surface area contributed by atoms with Gasteiger partial charge in [-0.2, -0.15) is 0 Å². The van der Waals surface area contributed by atoms with Gasteiger partial charge in [-0.05, 0) is 25.5 Å². The molecule has 0 saturated carbocycles. The van der Waals surface area contributed by atoms with Crippen molar-refractivity contribution in [3.05, 3.63) is 58.9 Å². The quantitative estimate of drug-likeness (QED) is 0.614. The highest BCUT2D eigenvalue weighted by molar-refractivity contribution is 6.32. The standard InChI is InChI=1S/C17H18ClN3O3/c1-3-9-17(10-23-11-17)24-16(22)14-15(18)19-20-21(14)12(2)13-7-5-4-6-8-13/h3-9,12H,10-11H2,1-2H3/b9-3+/t12-/m1/s1. The fourth-order valence-corrected chi connectivity index (χ4v) is 2.82. The summed E-state index contributed by atoms with van der Waals surface area (Å²) < 4.78 is 12.3. The molecule has 1 aliphatic heterocycles. The third-order valence-electron chi connectivity index (χ3n) is 3.95. The molecule has 2 aromatic rings. The topological polar surface area (TPSA) is 66.2 Å². The van der Waals surface area contributed by atoms with E-state index in [-0.39, 0.29) is 16.9 Å². The van der Waals surface area contributed by atoms with Gasteiger partial charge in [-0.25, -0.2) is 9.48 Å². The van der Waals surface area contributed by atoms with E-state index in [2.05, 4.69) is 10.3 Å². The molecule has 1 aromatic heterocycles. The summed E-state index contributed by atoms with van der Waals surface area (Å²) in [4.78, 5) is 12.7. The number of halogens is 1. The van der Waals surface area contributed by atoms with Crippen molar-refractivity contribution in [2.75, 3.05) is 13.2 Å². The van der Waals surface area contributed by atoms with E-state index >= 15 is 0 Å². The van der Waals surface area contributed by atoms with E-state index in [1.807, 2.05) is 56.3 Å². The molecule has 126 valence electrons. The minimum absolute atomic E-state index is 0.0265. The summed E-state index contributed by atoms with van der Waals surface area (Å²) in [6, 6.07) is 9.48. The van der Waals surface area contributed by atoms with Crippen molar-refractivity contribution >= 4 is 17.6 Å². The SMILES string of the molecule is C/C=C/C1(OC(=O)c2c(Cl)nnn2[C@H](C)c2ccccc2)COC1. The first-order chi connectivity index (χ1) is 11.6. The zero-order valence-corrected chi connectivity index (χ0v) is 14.2. The smallest absolute Gasteiger partial charge is 0.360 e. The van der Waals surface area contributed by atoms with Crippen LogP contribution >= 0.6 is 11.6 Å². The van der Waals surface area contributed by atoms with Gasteiger partial charge >= 0.3 is 5.97 Å². The molecule has 1 fully saturated rings. The van der Waals surface area contributed by atoms with Crippen molar-refractivity contribution < 1.29 is 14.3 Å². The monoisotopic (exact) mass is 347 g/mol. The Morgan fingerprint density at radius 2 is 2.12 bits per heavy atom. The number of benzene rings is 1. The van der Waals surface area contributed by atoms with Crippen molar-refractivity contribution in [1.82, 2.24) is 15.0 Å². The third kappa shape index (κ3) is 3.07. The zero-order valence-electron chi connectivity index (χ0n) is 13.5. The van der Waals surface area contributed by atoms with Crippen molar-refractivity contribution in [2.24, 2.45) is 0 Å². The summed E-state index contributed by atoms with van der Waals surface area (Å²) in [7, 11) is 0. The van der Waals surface area contributed by atoms with Crippen LogP contribution in [0.1, 0.15) is 35.9 Å². The number of esters is 1. The van der Waals surface area contributed by atoms with E-state index < -0.39 is 11.6 Å². The summed E-state index contributed by atoms with van der Waals surface area (Å²) in [6.45, 7) is 4.45. The summed E-state index contributed by atoms with van der Waals surface area (Å²) in [5.74, 6) is -0.561. The first-order valence-corrected chi connectivity index (χ1v) is 8.05. The highest BCUT2D eigenvalue weighted by Gasteiger charge is 2.41. The van der Waals surface area contributed by atoms with Gasteiger partial charge in [0, 0.05) is 0 Å². The molecule has 0 radical (unpaired) electrons. The second-order valence-electron chi connectivity index (χ2n) is 5.71. The number of rotatable bonds is 5. The lowest BCUT2D eigenvalue weighted by molar-refractivity contribution is -0.152. The van der Waals surface area contributed by atoms with Gasteiger partial charge in [0.25, 0.3) is 0 Å². The average molecular weight is 348 g/mol. The van der Waals surface area contributed by atoms with Crippen LogP contribution in [0, 0.1) is 0 Å². The van der Waals surface area contributed by atoms with Crippen LogP contribution in [0.5, 0.6) is 0 Å². The molecule has 1 saturated heterocycles. The molecular weight excluding hydrogens is 330 g/mol. The molecule has 3 rings (SSSR count). The number of hydrogen-bond donors (Lipinski definition) is 0. The Kier molecular flexibility index (Phi) is 4.69. The minimum atomic E-state index is -0.736. The van der Waals surface area contributed by atoms with Gasteiger partial charge in [0.1, 0.15) is 0 Å². The van der Waals surface area contributed by atoms with Gasteiger partial charge in [-0.15, -0.1) is 5.10 Å². The van der Waals surface area contributed by atoms with E-state index in [0.29, 0.717) is 13.2 Å². The third-order valence-corrected chi connectivity index (χ3v) is 4.21. The molecule has 1 atom stereocenters. The van der Waals surface area contributed by atoms with E-state index in [1.165, 1.54) is 4.68 Å². The Hall–Kier alpha value is -2.18. The van der Waals surface area contributed by atoms with Crippen molar-refractivity contribution in [2.45, 2.75) is 25.5 Å². The van der Waals surface area contributed by atoms with Crippen LogP contribution in [0.25, 0.3) is 0 Å². The molecule has 0 N–H and O–H groups in total. The van der Waals surface area contributed by atoms with Crippen LogP contribution in [0.2, 0.25) is 5.15 Å². The Morgan fingerprint density at radius 3 is 2.71 bits per heavy atom. The zero-order chi connectivity index (χ0) is 17.2. The second kappa shape index (κ2) is 6.75. The number of allylic oxidation sites excluding steroid dienone is 1. The molecular formula is C17H18ClN3O3. The van der Waals surface area contributed by atoms with E-state index in [9.17, 15) is 4.79 Å². The van der Waals surface area contributed by atoms with Crippen molar-refractivity contribution in [1.29, 1.82) is 0 Å². The molecule has 6 nitrogen and oxygen atoms in total. The Balaban J connectivity index is 1.89. The van der Waals surface area contributed by atoms with Gasteiger partial charge in [0.15, 0.2) is 16.4 Å². The minimum Gasteiger partial charge on any atom is -0.445 e. The molecule has 0 bridgehead atoms. The lowest BCUT2D eigenvalue weighted by Crippen LogP contribution is -2.51. The van der Waals surface area contributed by atoms with E-state index in [1.54, 1.807) is 0 Å². The van der Waals surface area contributed by atoms with Crippen LogP contribution < -0.4 is 0 Å². The van der Waals surface area contributed by atoms with Gasteiger partial charge in [-0.1, -0.05) is 53.2 Å². The first-order valence-electron chi connectivity index (χ1n) is 7.67. The first kappa shape index (κ1) is 16.7. The van der Waals surface area contributed by atoms with Crippen molar-refractivity contribution in [3.63, 3.8) is 0 Å². The van der Waals surface area contributed by atoms with Gasteiger partial charge in [-0.3, -0.25) is 0 Å². The van der Waals surface area contributed by atoms with Crippen LogP contribution in [0.3, 0.4) is 0 Å².